The van der Waals surface area contributed by atoms with Crippen molar-refractivity contribution in [1.82, 2.24) is 15.1 Å². The average molecular weight is 442 g/mol. The number of fused-ring (bicyclic) bond motifs is 1. The van der Waals surface area contributed by atoms with Gasteiger partial charge in [-0.15, -0.1) is 0 Å². The molecular formula is C24H31N3O5. The predicted octanol–water partition coefficient (Wildman–Crippen LogP) is 3.16. The van der Waals surface area contributed by atoms with Crippen LogP contribution in [0.4, 0.5) is 4.79 Å². The van der Waals surface area contributed by atoms with E-state index in [1.807, 2.05) is 32.9 Å². The summed E-state index contributed by atoms with van der Waals surface area (Å²) < 4.78 is 5.66. The van der Waals surface area contributed by atoms with Gasteiger partial charge in [-0.2, -0.15) is 0 Å². The summed E-state index contributed by atoms with van der Waals surface area (Å²) >= 11 is 0. The molecule has 4 rings (SSSR count). The van der Waals surface area contributed by atoms with Gasteiger partial charge in [-0.05, 0) is 63.1 Å². The highest BCUT2D eigenvalue weighted by Crippen LogP contribution is 2.39. The van der Waals surface area contributed by atoms with Gasteiger partial charge in [0.25, 0.3) is 5.91 Å². The Balaban J connectivity index is 1.59. The highest BCUT2D eigenvalue weighted by atomic mass is 16.6. The summed E-state index contributed by atoms with van der Waals surface area (Å²) in [6.45, 7) is 8.66. The monoisotopic (exact) mass is 441 g/mol. The molecule has 172 valence electrons. The van der Waals surface area contributed by atoms with Crippen molar-refractivity contribution < 1.29 is 23.9 Å². The average Bonchev–Trinajstić information content (AvgIpc) is 3.02. The van der Waals surface area contributed by atoms with E-state index in [2.05, 4.69) is 12.2 Å². The maximum absolute atomic E-state index is 13.0. The maximum Gasteiger partial charge on any atom is 0.410 e. The number of nitrogens with zero attached hydrogens (tertiary/aromatic N) is 2. The molecule has 4 amide bonds. The zero-order valence-electron chi connectivity index (χ0n) is 19.1. The molecule has 32 heavy (non-hydrogen) atoms. The summed E-state index contributed by atoms with van der Waals surface area (Å²) in [7, 11) is 0. The number of benzene rings is 1. The molecule has 3 unspecified atom stereocenters. The van der Waals surface area contributed by atoms with Crippen molar-refractivity contribution in [1.29, 1.82) is 0 Å². The van der Waals surface area contributed by atoms with Crippen molar-refractivity contribution in [2.45, 2.75) is 77.6 Å². The summed E-state index contributed by atoms with van der Waals surface area (Å²) in [5.41, 5.74) is 1.82. The third-order valence-corrected chi connectivity index (χ3v) is 6.45. The van der Waals surface area contributed by atoms with Crippen LogP contribution in [0.25, 0.3) is 0 Å². The van der Waals surface area contributed by atoms with Gasteiger partial charge in [0.2, 0.25) is 11.8 Å². The van der Waals surface area contributed by atoms with E-state index in [4.69, 9.17) is 4.74 Å². The molecule has 1 N–H and O–H groups in total. The van der Waals surface area contributed by atoms with Gasteiger partial charge in [-0.25, -0.2) is 4.79 Å². The second kappa shape index (κ2) is 8.22. The molecule has 1 aromatic carbocycles. The van der Waals surface area contributed by atoms with Gasteiger partial charge >= 0.3 is 6.09 Å². The lowest BCUT2D eigenvalue weighted by Gasteiger charge is -2.41. The Kier molecular flexibility index (Phi) is 5.73. The van der Waals surface area contributed by atoms with Crippen LogP contribution in [0.5, 0.6) is 0 Å². The third-order valence-electron chi connectivity index (χ3n) is 6.45. The number of piperidine rings is 2. The number of ether oxygens (including phenoxy) is 1. The van der Waals surface area contributed by atoms with Gasteiger partial charge in [0.15, 0.2) is 0 Å². The van der Waals surface area contributed by atoms with E-state index < -0.39 is 17.6 Å². The zero-order chi connectivity index (χ0) is 23.2. The lowest BCUT2D eigenvalue weighted by Crippen LogP contribution is -2.52. The summed E-state index contributed by atoms with van der Waals surface area (Å²) in [5.74, 6) is -0.662. The van der Waals surface area contributed by atoms with Gasteiger partial charge in [0.05, 0.1) is 6.04 Å². The van der Waals surface area contributed by atoms with E-state index in [-0.39, 0.29) is 36.3 Å². The normalized spacial score (nSPS) is 26.1. The van der Waals surface area contributed by atoms with Crippen LogP contribution in [0.1, 0.15) is 80.9 Å². The summed E-state index contributed by atoms with van der Waals surface area (Å²) in [5, 5.41) is 2.33. The van der Waals surface area contributed by atoms with Crippen LogP contribution in [-0.2, 0) is 20.9 Å². The topological polar surface area (TPSA) is 96.0 Å². The summed E-state index contributed by atoms with van der Waals surface area (Å²) in [6, 6.07) is 4.93. The fourth-order valence-electron chi connectivity index (χ4n) is 5.00. The lowest BCUT2D eigenvalue weighted by atomic mass is 9.85. The van der Waals surface area contributed by atoms with Crippen molar-refractivity contribution in [2.24, 2.45) is 5.92 Å². The van der Waals surface area contributed by atoms with Gasteiger partial charge in [-0.1, -0.05) is 19.1 Å². The van der Waals surface area contributed by atoms with Crippen molar-refractivity contribution in [3.05, 3.63) is 34.9 Å². The molecule has 3 heterocycles. The number of hydrogen-bond donors (Lipinski definition) is 1. The first-order chi connectivity index (χ1) is 15.0. The Bertz CT molecular complexity index is 967. The number of amides is 4. The molecule has 2 saturated heterocycles. The first-order valence-electron chi connectivity index (χ1n) is 11.3. The van der Waals surface area contributed by atoms with Crippen LogP contribution >= 0.6 is 0 Å². The number of likely N-dealkylation sites (tertiary alicyclic amines) is 1. The molecule has 0 spiro atoms. The minimum atomic E-state index is -0.636. The fraction of sp³-hybridized carbons (Fsp3) is 0.583. The molecule has 3 aliphatic rings. The van der Waals surface area contributed by atoms with Crippen LogP contribution in [0.2, 0.25) is 0 Å². The smallest absolute Gasteiger partial charge is 0.410 e. The fourth-order valence-corrected chi connectivity index (χ4v) is 5.00. The second-order valence-corrected chi connectivity index (χ2v) is 10.1. The van der Waals surface area contributed by atoms with E-state index in [1.165, 1.54) is 0 Å². The van der Waals surface area contributed by atoms with Crippen LogP contribution in [-0.4, -0.2) is 51.8 Å². The summed E-state index contributed by atoms with van der Waals surface area (Å²) in [6.07, 6.45) is 2.16. The minimum absolute atomic E-state index is 0.136. The standard InChI is InChI=1S/C24H31N3O5/c1-14-6-5-11-26(23(31)32-24(2,3)4)20(14)15-7-8-17-16(12-15)13-27(22(17)30)18-9-10-19(28)25-21(18)29/h7-8,12,14,18,20H,5-6,9-11,13H2,1-4H3,(H,25,28,29). The van der Waals surface area contributed by atoms with Gasteiger partial charge in [0, 0.05) is 25.1 Å². The Labute approximate surface area is 188 Å². The van der Waals surface area contributed by atoms with Crippen molar-refractivity contribution in [2.75, 3.05) is 6.54 Å². The molecule has 3 atom stereocenters. The molecule has 0 aliphatic carbocycles. The van der Waals surface area contributed by atoms with Crippen LogP contribution in [0, 0.1) is 5.92 Å². The SMILES string of the molecule is CC1CCCN(C(=O)OC(C)(C)C)C1c1ccc2c(c1)CN(C1CCC(=O)NC1=O)C2=O. The molecule has 0 saturated carbocycles. The zero-order valence-corrected chi connectivity index (χ0v) is 19.1. The molecule has 1 aromatic rings. The minimum Gasteiger partial charge on any atom is -0.444 e. The molecule has 8 nitrogen and oxygen atoms in total. The summed E-state index contributed by atoms with van der Waals surface area (Å²) in [4.78, 5) is 53.0. The van der Waals surface area contributed by atoms with Crippen molar-refractivity contribution in [3.63, 3.8) is 0 Å². The lowest BCUT2D eigenvalue weighted by molar-refractivity contribution is -0.136. The molecule has 8 heteroatoms. The largest absolute Gasteiger partial charge is 0.444 e. The second-order valence-electron chi connectivity index (χ2n) is 10.1. The highest BCUT2D eigenvalue weighted by Gasteiger charge is 2.40. The first-order valence-corrected chi connectivity index (χ1v) is 11.3. The Hall–Kier alpha value is -2.90. The van der Waals surface area contributed by atoms with Crippen LogP contribution < -0.4 is 5.32 Å². The molecule has 0 radical (unpaired) electrons. The number of imide groups is 1. The number of hydrogen-bond acceptors (Lipinski definition) is 5. The van der Waals surface area contributed by atoms with E-state index >= 15 is 0 Å². The van der Waals surface area contributed by atoms with Gasteiger partial charge < -0.3 is 14.5 Å². The first kappa shape index (κ1) is 22.3. The van der Waals surface area contributed by atoms with E-state index in [9.17, 15) is 19.2 Å². The van der Waals surface area contributed by atoms with Crippen LogP contribution in [0.15, 0.2) is 18.2 Å². The van der Waals surface area contributed by atoms with E-state index in [0.717, 1.165) is 24.0 Å². The predicted molar refractivity (Wildman–Crippen MR) is 117 cm³/mol. The van der Waals surface area contributed by atoms with E-state index in [1.54, 1.807) is 15.9 Å². The maximum atomic E-state index is 13.0. The number of carbonyl (C=O) groups is 4. The molecular weight excluding hydrogens is 410 g/mol. The number of rotatable bonds is 2. The Morgan fingerprint density at radius 3 is 2.59 bits per heavy atom. The molecule has 0 aromatic heterocycles. The molecule has 2 fully saturated rings. The third kappa shape index (κ3) is 4.23. The molecule has 0 bridgehead atoms. The number of carbonyl (C=O) groups excluding carboxylic acids is 4. The Morgan fingerprint density at radius 2 is 1.91 bits per heavy atom. The van der Waals surface area contributed by atoms with Crippen molar-refractivity contribution >= 4 is 23.8 Å². The quantitative estimate of drug-likeness (QED) is 0.712. The number of nitrogens with one attached hydrogen (secondary N) is 1. The van der Waals surface area contributed by atoms with Gasteiger partial charge in [-0.3, -0.25) is 19.7 Å². The molecule has 3 aliphatic heterocycles. The van der Waals surface area contributed by atoms with E-state index in [0.29, 0.717) is 25.1 Å². The van der Waals surface area contributed by atoms with Gasteiger partial charge in [0.1, 0.15) is 11.6 Å². The highest BCUT2D eigenvalue weighted by molar-refractivity contribution is 6.05. The van der Waals surface area contributed by atoms with Crippen molar-refractivity contribution in [3.8, 4) is 0 Å². The Morgan fingerprint density at radius 1 is 1.16 bits per heavy atom. The van der Waals surface area contributed by atoms with Crippen LogP contribution in [0.3, 0.4) is 0 Å².